The quantitative estimate of drug-likeness (QED) is 0.635. The number of rotatable bonds is 7. The molecule has 31 heavy (non-hydrogen) atoms. The Morgan fingerprint density at radius 3 is 2.68 bits per heavy atom. The number of hydrogen-bond acceptors (Lipinski definition) is 5. The van der Waals surface area contributed by atoms with Gasteiger partial charge in [0.1, 0.15) is 5.75 Å². The van der Waals surface area contributed by atoms with Gasteiger partial charge in [0.25, 0.3) is 0 Å². The van der Waals surface area contributed by atoms with Crippen LogP contribution in [0.5, 0.6) is 5.75 Å². The fraction of sp³-hybridized carbons (Fsp3) is 0.261. The van der Waals surface area contributed by atoms with E-state index < -0.39 is 5.92 Å². The standard InChI is InChI=1S/C23H22ClN3O3S/c1-3-14-4-7-16(8-5-14)26-22(29)13-31-23-18(12-25)17(11-21(28)27-23)15-6-9-20(30-2)19(24)10-15/h4-10,17H,3,11,13H2,1-2H3,(H,26,29)(H,27,28)/t17-/m0/s1. The van der Waals surface area contributed by atoms with Gasteiger partial charge in [0, 0.05) is 18.0 Å². The van der Waals surface area contributed by atoms with Crippen LogP contribution in [0.4, 0.5) is 5.69 Å². The summed E-state index contributed by atoms with van der Waals surface area (Å²) in [5.41, 5.74) is 3.04. The number of hydrogen-bond donors (Lipinski definition) is 2. The molecule has 0 radical (unpaired) electrons. The molecule has 0 bridgehead atoms. The van der Waals surface area contributed by atoms with Crippen molar-refractivity contribution < 1.29 is 14.3 Å². The molecular formula is C23H22ClN3O3S. The Bertz CT molecular complexity index is 1060. The first-order valence-electron chi connectivity index (χ1n) is 9.74. The number of allylic oxidation sites excluding steroid dienone is 1. The summed E-state index contributed by atoms with van der Waals surface area (Å²) < 4.78 is 5.17. The summed E-state index contributed by atoms with van der Waals surface area (Å²) in [6.45, 7) is 2.07. The van der Waals surface area contributed by atoms with Crippen LogP contribution in [0.3, 0.4) is 0 Å². The highest BCUT2D eigenvalue weighted by molar-refractivity contribution is 8.03. The lowest BCUT2D eigenvalue weighted by Gasteiger charge is -2.25. The molecule has 1 aliphatic rings. The van der Waals surface area contributed by atoms with Crippen LogP contribution in [0.1, 0.15) is 30.4 Å². The Morgan fingerprint density at radius 1 is 1.32 bits per heavy atom. The molecular weight excluding hydrogens is 434 g/mol. The van der Waals surface area contributed by atoms with Gasteiger partial charge in [-0.3, -0.25) is 9.59 Å². The predicted octanol–water partition coefficient (Wildman–Crippen LogP) is 4.62. The third-order valence-corrected chi connectivity index (χ3v) is 6.24. The first kappa shape index (κ1) is 22.7. The highest BCUT2D eigenvalue weighted by Gasteiger charge is 2.30. The van der Waals surface area contributed by atoms with Gasteiger partial charge in [-0.15, -0.1) is 0 Å². The van der Waals surface area contributed by atoms with E-state index >= 15 is 0 Å². The van der Waals surface area contributed by atoms with Gasteiger partial charge in [0.2, 0.25) is 11.8 Å². The van der Waals surface area contributed by atoms with Crippen LogP contribution in [0.25, 0.3) is 0 Å². The number of amides is 2. The van der Waals surface area contributed by atoms with Gasteiger partial charge in [-0.25, -0.2) is 0 Å². The Labute approximate surface area is 190 Å². The summed E-state index contributed by atoms with van der Waals surface area (Å²) in [6, 6.07) is 15.0. The summed E-state index contributed by atoms with van der Waals surface area (Å²) in [6.07, 6.45) is 1.06. The molecule has 1 aliphatic heterocycles. The van der Waals surface area contributed by atoms with Gasteiger partial charge >= 0.3 is 0 Å². The summed E-state index contributed by atoms with van der Waals surface area (Å²) in [5.74, 6) is -0.288. The van der Waals surface area contributed by atoms with Crippen LogP contribution < -0.4 is 15.4 Å². The average Bonchev–Trinajstić information content (AvgIpc) is 2.77. The highest BCUT2D eigenvalue weighted by atomic mass is 35.5. The van der Waals surface area contributed by atoms with Gasteiger partial charge in [0.15, 0.2) is 0 Å². The molecule has 2 N–H and O–H groups in total. The Balaban J connectivity index is 1.74. The minimum atomic E-state index is -0.436. The van der Waals surface area contributed by atoms with Crippen LogP contribution >= 0.6 is 23.4 Å². The number of carbonyl (C=O) groups excluding carboxylic acids is 2. The van der Waals surface area contributed by atoms with Gasteiger partial charge in [-0.2, -0.15) is 5.26 Å². The van der Waals surface area contributed by atoms with E-state index in [0.29, 0.717) is 27.1 Å². The molecule has 0 unspecified atom stereocenters. The fourth-order valence-electron chi connectivity index (χ4n) is 3.28. The number of benzene rings is 2. The summed E-state index contributed by atoms with van der Waals surface area (Å²) >= 11 is 7.36. The number of anilines is 1. The van der Waals surface area contributed by atoms with Gasteiger partial charge in [-0.1, -0.05) is 48.5 Å². The van der Waals surface area contributed by atoms with Gasteiger partial charge < -0.3 is 15.4 Å². The second kappa shape index (κ2) is 10.4. The van der Waals surface area contributed by atoms with E-state index in [2.05, 4.69) is 23.6 Å². The van der Waals surface area contributed by atoms with Gasteiger partial charge in [-0.05, 0) is 41.8 Å². The summed E-state index contributed by atoms with van der Waals surface area (Å²) in [5, 5.41) is 16.1. The maximum atomic E-state index is 12.4. The van der Waals surface area contributed by atoms with E-state index in [1.54, 1.807) is 18.2 Å². The SMILES string of the molecule is CCc1ccc(NC(=O)CSC2=C(C#N)[C@H](c3ccc(OC)c(Cl)c3)CC(=O)N2)cc1. The maximum Gasteiger partial charge on any atom is 0.234 e. The lowest BCUT2D eigenvalue weighted by Crippen LogP contribution is -2.31. The number of ether oxygens (including phenoxy) is 1. The van der Waals surface area contributed by atoms with Crippen LogP contribution in [0, 0.1) is 11.3 Å². The van der Waals surface area contributed by atoms with Gasteiger partial charge in [0.05, 0.1) is 34.6 Å². The first-order valence-corrected chi connectivity index (χ1v) is 11.1. The zero-order chi connectivity index (χ0) is 22.4. The van der Waals surface area contributed by atoms with E-state index in [0.717, 1.165) is 23.7 Å². The molecule has 2 amide bonds. The molecule has 2 aromatic rings. The topological polar surface area (TPSA) is 91.2 Å². The monoisotopic (exact) mass is 455 g/mol. The zero-order valence-electron chi connectivity index (χ0n) is 17.2. The molecule has 0 aromatic heterocycles. The van der Waals surface area contributed by atoms with E-state index in [1.807, 2.05) is 24.3 Å². The number of nitrogens with one attached hydrogen (secondary N) is 2. The predicted molar refractivity (Wildman–Crippen MR) is 123 cm³/mol. The van der Waals surface area contributed by atoms with E-state index in [-0.39, 0.29) is 24.0 Å². The van der Waals surface area contributed by atoms with E-state index in [9.17, 15) is 14.9 Å². The number of nitrogens with zero attached hydrogens (tertiary/aromatic N) is 1. The Kier molecular flexibility index (Phi) is 7.61. The second-order valence-corrected chi connectivity index (χ2v) is 8.33. The number of halogens is 1. The molecule has 0 saturated heterocycles. The maximum absolute atomic E-state index is 12.4. The number of aryl methyl sites for hydroxylation is 1. The average molecular weight is 456 g/mol. The summed E-state index contributed by atoms with van der Waals surface area (Å²) in [7, 11) is 1.52. The normalized spacial score (nSPS) is 15.8. The van der Waals surface area contributed by atoms with Crippen molar-refractivity contribution in [1.29, 1.82) is 5.26 Å². The fourth-order valence-corrected chi connectivity index (χ4v) is 4.42. The molecule has 0 fully saturated rings. The van der Waals surface area contributed by atoms with Crippen molar-refractivity contribution in [3.8, 4) is 11.8 Å². The van der Waals surface area contributed by atoms with Crippen molar-refractivity contribution in [2.75, 3.05) is 18.2 Å². The van der Waals surface area contributed by atoms with E-state index in [1.165, 1.54) is 12.7 Å². The molecule has 6 nitrogen and oxygen atoms in total. The largest absolute Gasteiger partial charge is 0.495 e. The highest BCUT2D eigenvalue weighted by Crippen LogP contribution is 2.38. The molecule has 0 aliphatic carbocycles. The third-order valence-electron chi connectivity index (χ3n) is 4.93. The minimum Gasteiger partial charge on any atom is -0.495 e. The number of thioether (sulfide) groups is 1. The third kappa shape index (κ3) is 5.60. The van der Waals surface area contributed by atoms with Crippen molar-refractivity contribution in [2.45, 2.75) is 25.7 Å². The van der Waals surface area contributed by atoms with Crippen molar-refractivity contribution in [1.82, 2.24) is 5.32 Å². The lowest BCUT2D eigenvalue weighted by atomic mass is 9.87. The van der Waals surface area contributed by atoms with Crippen molar-refractivity contribution >= 4 is 40.9 Å². The van der Waals surface area contributed by atoms with E-state index in [4.69, 9.17) is 16.3 Å². The molecule has 0 saturated carbocycles. The summed E-state index contributed by atoms with van der Waals surface area (Å²) in [4.78, 5) is 24.7. The van der Waals surface area contributed by atoms with Crippen LogP contribution in [-0.2, 0) is 16.0 Å². The Hall–Kier alpha value is -2.95. The molecule has 1 heterocycles. The molecule has 3 rings (SSSR count). The van der Waals surface area contributed by atoms with Crippen LogP contribution in [0.2, 0.25) is 5.02 Å². The smallest absolute Gasteiger partial charge is 0.234 e. The molecule has 1 atom stereocenters. The van der Waals surface area contributed by atoms with Crippen LogP contribution in [-0.4, -0.2) is 24.7 Å². The molecule has 0 spiro atoms. The Morgan fingerprint density at radius 2 is 2.06 bits per heavy atom. The van der Waals surface area contributed by atoms with Crippen molar-refractivity contribution in [3.05, 3.63) is 69.2 Å². The number of methoxy groups -OCH3 is 1. The van der Waals surface area contributed by atoms with Crippen molar-refractivity contribution in [3.63, 3.8) is 0 Å². The minimum absolute atomic E-state index is 0.0619. The lowest BCUT2D eigenvalue weighted by molar-refractivity contribution is -0.121. The molecule has 8 heteroatoms. The first-order chi connectivity index (χ1) is 14.9. The molecule has 160 valence electrons. The zero-order valence-corrected chi connectivity index (χ0v) is 18.8. The second-order valence-electron chi connectivity index (χ2n) is 6.94. The number of nitriles is 1. The number of carbonyl (C=O) groups is 2. The van der Waals surface area contributed by atoms with Crippen molar-refractivity contribution in [2.24, 2.45) is 0 Å². The van der Waals surface area contributed by atoms with Crippen LogP contribution in [0.15, 0.2) is 53.1 Å². The molecule has 2 aromatic carbocycles.